The molecule has 0 fully saturated rings. The normalized spacial score (nSPS) is 10.6. The number of hydrogen-bond acceptors (Lipinski definition) is 9. The van der Waals surface area contributed by atoms with E-state index in [2.05, 4.69) is 10.1 Å². The molecule has 0 aliphatic carbocycles. The number of aromatic nitrogens is 3. The topological polar surface area (TPSA) is 121 Å². The molecular formula is C29H26N4O6. The summed E-state index contributed by atoms with van der Waals surface area (Å²) in [6.45, 7) is 3.39. The lowest BCUT2D eigenvalue weighted by Crippen LogP contribution is -2.31. The molecule has 0 unspecified atom stereocenters. The Bertz CT molecular complexity index is 1520. The standard InChI is InChI=1S/C29H26N4O6/c1-5-32-27(35)26(24(18(2)34)25(31-32)21-7-6-16-30-17-21)33(22-12-8-19(9-13-22)28(36)38-3)23-14-10-20(11-15-23)29(37)39-4/h6-17H,5H2,1-4H3. The first-order valence-corrected chi connectivity index (χ1v) is 12.0. The average Bonchev–Trinajstić information content (AvgIpc) is 2.98. The second-order valence-corrected chi connectivity index (χ2v) is 8.40. The quantitative estimate of drug-likeness (QED) is 0.240. The fraction of sp³-hybridized carbons (Fsp3) is 0.172. The molecule has 0 N–H and O–H groups in total. The van der Waals surface area contributed by atoms with Crippen LogP contribution in [0.1, 0.15) is 44.9 Å². The largest absolute Gasteiger partial charge is 0.465 e. The van der Waals surface area contributed by atoms with Crippen molar-refractivity contribution in [1.29, 1.82) is 0 Å². The molecule has 0 atom stereocenters. The third kappa shape index (κ3) is 5.30. The van der Waals surface area contributed by atoms with Crippen molar-refractivity contribution in [3.63, 3.8) is 0 Å². The minimum Gasteiger partial charge on any atom is -0.465 e. The Morgan fingerprint density at radius 2 is 1.41 bits per heavy atom. The van der Waals surface area contributed by atoms with Crippen molar-refractivity contribution in [3.8, 4) is 11.3 Å². The van der Waals surface area contributed by atoms with Crippen molar-refractivity contribution in [2.75, 3.05) is 19.1 Å². The molecular weight excluding hydrogens is 500 g/mol. The minimum atomic E-state index is -0.518. The van der Waals surface area contributed by atoms with Crippen LogP contribution in [-0.4, -0.2) is 46.7 Å². The first-order chi connectivity index (χ1) is 18.8. The number of Topliss-reactive ketones (excluding diaryl/α,β-unsaturated/α-hetero) is 1. The van der Waals surface area contributed by atoms with Crippen LogP contribution < -0.4 is 10.5 Å². The van der Waals surface area contributed by atoms with Gasteiger partial charge in [-0.3, -0.25) is 14.6 Å². The predicted octanol–water partition coefficient (Wildman–Crippen LogP) is 4.57. The van der Waals surface area contributed by atoms with Crippen LogP contribution in [0.3, 0.4) is 0 Å². The molecule has 0 amide bonds. The van der Waals surface area contributed by atoms with Crippen molar-refractivity contribution in [2.45, 2.75) is 20.4 Å². The molecule has 0 saturated heterocycles. The van der Waals surface area contributed by atoms with Gasteiger partial charge in [0.15, 0.2) is 5.78 Å². The number of hydrogen-bond donors (Lipinski definition) is 0. The number of rotatable bonds is 8. The van der Waals surface area contributed by atoms with Crippen LogP contribution in [-0.2, 0) is 16.0 Å². The number of anilines is 3. The summed E-state index contributed by atoms with van der Waals surface area (Å²) in [6, 6.07) is 16.3. The van der Waals surface area contributed by atoms with Gasteiger partial charge in [-0.25, -0.2) is 14.3 Å². The number of methoxy groups -OCH3 is 2. The summed E-state index contributed by atoms with van der Waals surface area (Å²) >= 11 is 0. The Morgan fingerprint density at radius 3 is 1.82 bits per heavy atom. The second kappa shape index (κ2) is 11.5. The maximum absolute atomic E-state index is 13.9. The Hall–Kier alpha value is -5.12. The molecule has 10 nitrogen and oxygen atoms in total. The number of aryl methyl sites for hydroxylation is 1. The number of ether oxygens (including phenoxy) is 2. The van der Waals surface area contributed by atoms with Gasteiger partial charge in [0, 0.05) is 35.9 Å². The highest BCUT2D eigenvalue weighted by Crippen LogP contribution is 2.37. The number of benzene rings is 2. The lowest BCUT2D eigenvalue weighted by Gasteiger charge is -2.28. The molecule has 0 radical (unpaired) electrons. The van der Waals surface area contributed by atoms with Crippen LogP contribution in [0.2, 0.25) is 0 Å². The Balaban J connectivity index is 2.06. The molecule has 0 spiro atoms. The smallest absolute Gasteiger partial charge is 0.337 e. The molecule has 4 aromatic rings. The van der Waals surface area contributed by atoms with Gasteiger partial charge in [0.05, 0.1) is 30.9 Å². The lowest BCUT2D eigenvalue weighted by atomic mass is 10.0. The van der Waals surface area contributed by atoms with E-state index in [4.69, 9.17) is 9.47 Å². The average molecular weight is 527 g/mol. The van der Waals surface area contributed by atoms with Crippen LogP contribution in [0.4, 0.5) is 17.1 Å². The summed E-state index contributed by atoms with van der Waals surface area (Å²) in [4.78, 5) is 56.9. The minimum absolute atomic E-state index is 0.0647. The number of ketones is 1. The Morgan fingerprint density at radius 1 is 0.872 bits per heavy atom. The van der Waals surface area contributed by atoms with Crippen LogP contribution in [0.15, 0.2) is 77.9 Å². The van der Waals surface area contributed by atoms with Crippen molar-refractivity contribution >= 4 is 34.8 Å². The number of pyridine rings is 1. The summed E-state index contributed by atoms with van der Waals surface area (Å²) < 4.78 is 10.9. The highest BCUT2D eigenvalue weighted by atomic mass is 16.5. The zero-order chi connectivity index (χ0) is 28.1. The van der Waals surface area contributed by atoms with Crippen LogP contribution in [0.5, 0.6) is 0 Å². The van der Waals surface area contributed by atoms with E-state index in [1.54, 1.807) is 84.9 Å². The zero-order valence-electron chi connectivity index (χ0n) is 21.9. The fourth-order valence-corrected chi connectivity index (χ4v) is 4.15. The first-order valence-electron chi connectivity index (χ1n) is 12.0. The Labute approximate surface area is 224 Å². The Kier molecular flexibility index (Phi) is 7.95. The lowest BCUT2D eigenvalue weighted by molar-refractivity contribution is 0.0592. The summed E-state index contributed by atoms with van der Waals surface area (Å²) in [7, 11) is 2.57. The van der Waals surface area contributed by atoms with Crippen molar-refractivity contribution in [2.24, 2.45) is 0 Å². The molecule has 0 saturated carbocycles. The number of carbonyl (C=O) groups is 3. The third-order valence-corrected chi connectivity index (χ3v) is 6.03. The highest BCUT2D eigenvalue weighted by molar-refractivity contribution is 6.06. The van der Waals surface area contributed by atoms with Gasteiger partial charge in [-0.2, -0.15) is 5.10 Å². The van der Waals surface area contributed by atoms with Crippen molar-refractivity contribution in [1.82, 2.24) is 14.8 Å². The molecule has 10 heteroatoms. The van der Waals surface area contributed by atoms with Crippen molar-refractivity contribution < 1.29 is 23.9 Å². The summed E-state index contributed by atoms with van der Waals surface area (Å²) in [5.74, 6) is -1.41. The molecule has 2 heterocycles. The predicted molar refractivity (Wildman–Crippen MR) is 145 cm³/mol. The fourth-order valence-electron chi connectivity index (χ4n) is 4.15. The van der Waals surface area contributed by atoms with Gasteiger partial charge < -0.3 is 14.4 Å². The van der Waals surface area contributed by atoms with E-state index in [1.165, 1.54) is 25.8 Å². The third-order valence-electron chi connectivity index (χ3n) is 6.03. The number of esters is 2. The van der Waals surface area contributed by atoms with Crippen molar-refractivity contribution in [3.05, 3.63) is 100 Å². The van der Waals surface area contributed by atoms with Gasteiger partial charge in [-0.15, -0.1) is 0 Å². The maximum Gasteiger partial charge on any atom is 0.337 e. The monoisotopic (exact) mass is 526 g/mol. The summed E-state index contributed by atoms with van der Waals surface area (Å²) in [6.07, 6.45) is 3.18. The zero-order valence-corrected chi connectivity index (χ0v) is 21.9. The second-order valence-electron chi connectivity index (χ2n) is 8.40. The summed E-state index contributed by atoms with van der Waals surface area (Å²) in [5, 5.41) is 4.50. The van der Waals surface area contributed by atoms with Gasteiger partial charge in [-0.05, 0) is 74.5 Å². The van der Waals surface area contributed by atoms with Gasteiger partial charge in [0.1, 0.15) is 11.4 Å². The molecule has 4 rings (SSSR count). The van der Waals surface area contributed by atoms with E-state index in [9.17, 15) is 19.2 Å². The van der Waals surface area contributed by atoms with Crippen LogP contribution in [0, 0.1) is 0 Å². The van der Waals surface area contributed by atoms with Crippen LogP contribution >= 0.6 is 0 Å². The number of carbonyl (C=O) groups excluding carboxylic acids is 3. The van der Waals surface area contributed by atoms with E-state index in [0.29, 0.717) is 33.8 Å². The molecule has 2 aromatic heterocycles. The van der Waals surface area contributed by atoms with Gasteiger partial charge >= 0.3 is 11.9 Å². The van der Waals surface area contributed by atoms with Gasteiger partial charge in [0.2, 0.25) is 0 Å². The molecule has 0 aliphatic rings. The maximum atomic E-state index is 13.9. The molecule has 39 heavy (non-hydrogen) atoms. The summed E-state index contributed by atoms with van der Waals surface area (Å²) in [5.41, 5.74) is 2.13. The van der Waals surface area contributed by atoms with E-state index in [0.717, 1.165) is 0 Å². The van der Waals surface area contributed by atoms with Gasteiger partial charge in [-0.1, -0.05) is 0 Å². The molecule has 198 valence electrons. The molecule has 0 bridgehead atoms. The SMILES string of the molecule is CCn1nc(-c2cccnc2)c(C(C)=O)c(N(c2ccc(C(=O)OC)cc2)c2ccc(C(=O)OC)cc2)c1=O. The van der Waals surface area contributed by atoms with Gasteiger partial charge in [0.25, 0.3) is 5.56 Å². The highest BCUT2D eigenvalue weighted by Gasteiger charge is 2.28. The number of nitrogens with zero attached hydrogens (tertiary/aromatic N) is 4. The van der Waals surface area contributed by atoms with E-state index in [1.807, 2.05) is 0 Å². The van der Waals surface area contributed by atoms with Crippen LogP contribution in [0.25, 0.3) is 11.3 Å². The van der Waals surface area contributed by atoms with E-state index < -0.39 is 17.5 Å². The first kappa shape index (κ1) is 26.9. The molecule has 2 aromatic carbocycles. The van der Waals surface area contributed by atoms with E-state index in [-0.39, 0.29) is 23.6 Å². The molecule has 0 aliphatic heterocycles. The van der Waals surface area contributed by atoms with E-state index >= 15 is 0 Å².